The van der Waals surface area contributed by atoms with E-state index in [2.05, 4.69) is 10.6 Å². The molecule has 0 spiro atoms. The Kier molecular flexibility index (Phi) is 4.73. The Morgan fingerprint density at radius 2 is 2.00 bits per heavy atom. The highest BCUT2D eigenvalue weighted by atomic mass is 32.2. The maximum atomic E-state index is 11.5. The van der Waals surface area contributed by atoms with Gasteiger partial charge in [0.1, 0.15) is 4.90 Å². The number of primary sulfonamides is 1. The van der Waals surface area contributed by atoms with E-state index in [0.29, 0.717) is 5.69 Å². The van der Waals surface area contributed by atoms with E-state index in [1.54, 1.807) is 6.07 Å². The number of carbonyl (C=O) groups excluding carboxylic acids is 1. The molecule has 6 N–H and O–H groups in total. The third-order valence-electron chi connectivity index (χ3n) is 2.26. The second-order valence-corrected chi connectivity index (χ2v) is 5.87. The molecule has 0 aliphatic carbocycles. The van der Waals surface area contributed by atoms with Crippen LogP contribution in [0.5, 0.6) is 0 Å². The molecule has 0 atom stereocenters. The Morgan fingerprint density at radius 3 is 2.53 bits per heavy atom. The van der Waals surface area contributed by atoms with Crippen LogP contribution >= 0.6 is 0 Å². The number of amides is 1. The summed E-state index contributed by atoms with van der Waals surface area (Å²) in [6.07, 6.45) is 0. The minimum Gasteiger partial charge on any atom is -0.396 e. The van der Waals surface area contributed by atoms with Crippen LogP contribution in [0.3, 0.4) is 0 Å². The van der Waals surface area contributed by atoms with Crippen LogP contribution in [0.15, 0.2) is 23.1 Å². The Bertz CT molecular complexity index is 569. The van der Waals surface area contributed by atoms with E-state index >= 15 is 0 Å². The molecule has 0 heterocycles. The standard InChI is InChI=1S/C11H18N4O3S/c1-7(2)15-10(16)6-14-8-4-3-5-9(11(8)12)19(13,17)18/h3-5,7,14H,6,12H2,1-2H3,(H,15,16)(H2,13,17,18). The van der Waals surface area contributed by atoms with Gasteiger partial charge >= 0.3 is 0 Å². The van der Waals surface area contributed by atoms with Gasteiger partial charge in [-0.05, 0) is 26.0 Å². The topological polar surface area (TPSA) is 127 Å². The SMILES string of the molecule is CC(C)NC(=O)CNc1cccc(S(N)(=O)=O)c1N. The Hall–Kier alpha value is -1.80. The Balaban J connectivity index is 2.84. The molecule has 0 fully saturated rings. The van der Waals surface area contributed by atoms with E-state index in [9.17, 15) is 13.2 Å². The summed E-state index contributed by atoms with van der Waals surface area (Å²) < 4.78 is 22.6. The van der Waals surface area contributed by atoms with Crippen LogP contribution < -0.4 is 21.5 Å². The van der Waals surface area contributed by atoms with Gasteiger partial charge in [-0.3, -0.25) is 4.79 Å². The number of rotatable bonds is 5. The molecule has 0 aromatic heterocycles. The van der Waals surface area contributed by atoms with Gasteiger partial charge in [0.25, 0.3) is 0 Å². The van der Waals surface area contributed by atoms with Gasteiger partial charge in [-0.15, -0.1) is 0 Å². The van der Waals surface area contributed by atoms with Crippen molar-refractivity contribution >= 4 is 27.3 Å². The summed E-state index contributed by atoms with van der Waals surface area (Å²) in [7, 11) is -3.88. The van der Waals surface area contributed by atoms with E-state index in [1.165, 1.54) is 12.1 Å². The van der Waals surface area contributed by atoms with Crippen LogP contribution in [0.1, 0.15) is 13.8 Å². The van der Waals surface area contributed by atoms with Gasteiger partial charge in [0, 0.05) is 6.04 Å². The van der Waals surface area contributed by atoms with Gasteiger partial charge in [-0.25, -0.2) is 13.6 Å². The molecule has 0 unspecified atom stereocenters. The molecular formula is C11H18N4O3S. The molecule has 1 aromatic carbocycles. The fourth-order valence-electron chi connectivity index (χ4n) is 1.49. The van der Waals surface area contributed by atoms with Crippen LogP contribution in [-0.2, 0) is 14.8 Å². The number of nitrogens with two attached hydrogens (primary N) is 2. The van der Waals surface area contributed by atoms with Crippen molar-refractivity contribution in [3.05, 3.63) is 18.2 Å². The van der Waals surface area contributed by atoms with Crippen LogP contribution in [0, 0.1) is 0 Å². The van der Waals surface area contributed by atoms with Crippen molar-refractivity contribution in [2.75, 3.05) is 17.6 Å². The third kappa shape index (κ3) is 4.42. The minimum absolute atomic E-state index is 0.00217. The number of benzene rings is 1. The lowest BCUT2D eigenvalue weighted by atomic mass is 10.2. The lowest BCUT2D eigenvalue weighted by Crippen LogP contribution is -2.35. The molecule has 7 nitrogen and oxygen atoms in total. The zero-order valence-corrected chi connectivity index (χ0v) is 11.6. The zero-order chi connectivity index (χ0) is 14.6. The Morgan fingerprint density at radius 1 is 1.37 bits per heavy atom. The predicted octanol–water partition coefficient (Wildman–Crippen LogP) is -0.147. The first kappa shape index (κ1) is 15.3. The number of sulfonamides is 1. The lowest BCUT2D eigenvalue weighted by molar-refractivity contribution is -0.119. The van der Waals surface area contributed by atoms with Crippen molar-refractivity contribution in [3.8, 4) is 0 Å². The van der Waals surface area contributed by atoms with E-state index in [-0.39, 0.29) is 29.1 Å². The normalized spacial score (nSPS) is 11.4. The minimum atomic E-state index is -3.88. The van der Waals surface area contributed by atoms with Gasteiger partial charge in [-0.2, -0.15) is 0 Å². The van der Waals surface area contributed by atoms with Crippen LogP contribution in [0.4, 0.5) is 11.4 Å². The van der Waals surface area contributed by atoms with Crippen LogP contribution in [0.2, 0.25) is 0 Å². The number of hydrogen-bond donors (Lipinski definition) is 4. The first-order chi connectivity index (χ1) is 8.71. The van der Waals surface area contributed by atoms with Crippen molar-refractivity contribution in [1.29, 1.82) is 0 Å². The van der Waals surface area contributed by atoms with Crippen molar-refractivity contribution in [2.45, 2.75) is 24.8 Å². The third-order valence-corrected chi connectivity index (χ3v) is 3.23. The molecule has 0 aliphatic rings. The highest BCUT2D eigenvalue weighted by Gasteiger charge is 2.15. The summed E-state index contributed by atoms with van der Waals surface area (Å²) in [4.78, 5) is 11.3. The highest BCUT2D eigenvalue weighted by molar-refractivity contribution is 7.89. The molecule has 1 aromatic rings. The van der Waals surface area contributed by atoms with Gasteiger partial charge in [0.2, 0.25) is 15.9 Å². The predicted molar refractivity (Wildman–Crippen MR) is 74.0 cm³/mol. The first-order valence-electron chi connectivity index (χ1n) is 5.66. The van der Waals surface area contributed by atoms with Gasteiger partial charge in [0.15, 0.2) is 0 Å². The second-order valence-electron chi connectivity index (χ2n) is 4.34. The average Bonchev–Trinajstić information content (AvgIpc) is 2.25. The highest BCUT2D eigenvalue weighted by Crippen LogP contribution is 2.25. The largest absolute Gasteiger partial charge is 0.396 e. The number of anilines is 2. The molecule has 1 amide bonds. The monoisotopic (exact) mass is 286 g/mol. The molecule has 19 heavy (non-hydrogen) atoms. The summed E-state index contributed by atoms with van der Waals surface area (Å²) >= 11 is 0. The quantitative estimate of drug-likeness (QED) is 0.560. The number of carbonyl (C=O) groups is 1. The Labute approximate surface area is 112 Å². The van der Waals surface area contributed by atoms with Crippen molar-refractivity contribution in [2.24, 2.45) is 5.14 Å². The molecule has 0 saturated carbocycles. The number of hydrogen-bond acceptors (Lipinski definition) is 5. The fraction of sp³-hybridized carbons (Fsp3) is 0.364. The summed E-state index contributed by atoms with van der Waals surface area (Å²) in [6, 6.07) is 4.41. The average molecular weight is 286 g/mol. The molecule has 0 bridgehead atoms. The van der Waals surface area contributed by atoms with E-state index in [1.807, 2.05) is 13.8 Å². The first-order valence-corrected chi connectivity index (χ1v) is 7.21. The smallest absolute Gasteiger partial charge is 0.240 e. The van der Waals surface area contributed by atoms with Crippen LogP contribution in [0.25, 0.3) is 0 Å². The maximum absolute atomic E-state index is 11.5. The molecule has 1 rings (SSSR count). The van der Waals surface area contributed by atoms with Crippen molar-refractivity contribution in [1.82, 2.24) is 5.32 Å². The van der Waals surface area contributed by atoms with Crippen molar-refractivity contribution < 1.29 is 13.2 Å². The van der Waals surface area contributed by atoms with Crippen molar-refractivity contribution in [3.63, 3.8) is 0 Å². The van der Waals surface area contributed by atoms with Gasteiger partial charge < -0.3 is 16.4 Å². The van der Waals surface area contributed by atoms with E-state index < -0.39 is 10.0 Å². The lowest BCUT2D eigenvalue weighted by Gasteiger charge is -2.13. The maximum Gasteiger partial charge on any atom is 0.240 e. The van der Waals surface area contributed by atoms with Gasteiger partial charge in [0.05, 0.1) is 17.9 Å². The summed E-state index contributed by atoms with van der Waals surface area (Å²) in [5.74, 6) is -0.213. The molecule has 0 saturated heterocycles. The molecular weight excluding hydrogens is 268 g/mol. The van der Waals surface area contributed by atoms with E-state index in [0.717, 1.165) is 0 Å². The number of nitrogen functional groups attached to an aromatic ring is 1. The number of para-hydroxylation sites is 1. The summed E-state index contributed by atoms with van der Waals surface area (Å²) in [5.41, 5.74) is 6.06. The molecule has 8 heteroatoms. The number of nitrogens with one attached hydrogen (secondary N) is 2. The summed E-state index contributed by atoms with van der Waals surface area (Å²) in [6.45, 7) is 3.68. The second kappa shape index (κ2) is 5.89. The van der Waals surface area contributed by atoms with Gasteiger partial charge in [-0.1, -0.05) is 6.07 Å². The van der Waals surface area contributed by atoms with E-state index in [4.69, 9.17) is 10.9 Å². The summed E-state index contributed by atoms with van der Waals surface area (Å²) in [5, 5.41) is 10.5. The molecule has 0 radical (unpaired) electrons. The zero-order valence-electron chi connectivity index (χ0n) is 10.8. The fourth-order valence-corrected chi connectivity index (χ4v) is 2.18. The van der Waals surface area contributed by atoms with Crippen LogP contribution in [-0.4, -0.2) is 26.9 Å². The molecule has 106 valence electrons. The molecule has 0 aliphatic heterocycles.